The van der Waals surface area contributed by atoms with Crippen LogP contribution in [0.1, 0.15) is 13.3 Å². The van der Waals surface area contributed by atoms with E-state index in [0.717, 1.165) is 37.7 Å². The van der Waals surface area contributed by atoms with Crippen LogP contribution in [0.4, 0.5) is 22.4 Å². The maximum Gasteiger partial charge on any atom is 0.317 e. The number of anilines is 3. The van der Waals surface area contributed by atoms with Crippen molar-refractivity contribution in [2.24, 2.45) is 0 Å². The molecule has 3 heterocycles. The summed E-state index contributed by atoms with van der Waals surface area (Å²) in [7, 11) is 0. The van der Waals surface area contributed by atoms with Crippen LogP contribution < -0.4 is 21.3 Å². The molecule has 2 aliphatic heterocycles. The molecular weight excluding hydrogens is 270 g/mol. The number of aromatic nitrogens is 2. The average Bonchev–Trinajstić information content (AvgIpc) is 2.85. The lowest BCUT2D eigenvalue weighted by Crippen LogP contribution is -2.52. The molecule has 2 amide bonds. The van der Waals surface area contributed by atoms with Crippen molar-refractivity contribution >= 4 is 23.6 Å². The summed E-state index contributed by atoms with van der Waals surface area (Å²) in [6.45, 7) is 5.87. The topological polar surface area (TPSA) is 99.4 Å². The number of piperazine rings is 1. The summed E-state index contributed by atoms with van der Waals surface area (Å²) in [6.07, 6.45) is 1.02. The number of hydrogen-bond donors (Lipinski definition) is 3. The van der Waals surface area contributed by atoms with Crippen LogP contribution in [0.15, 0.2) is 6.07 Å². The van der Waals surface area contributed by atoms with Crippen LogP contribution in [0.3, 0.4) is 0 Å². The van der Waals surface area contributed by atoms with E-state index in [1.165, 1.54) is 0 Å². The largest absolute Gasteiger partial charge is 0.370 e. The Labute approximate surface area is 123 Å². The summed E-state index contributed by atoms with van der Waals surface area (Å²) in [5.74, 6) is 1.84. The lowest BCUT2D eigenvalue weighted by molar-refractivity contribution is 0.197. The number of nitrogens with zero attached hydrogens (tertiary/aromatic N) is 4. The average molecular weight is 291 g/mol. The zero-order chi connectivity index (χ0) is 14.8. The Balaban J connectivity index is 1.74. The summed E-state index contributed by atoms with van der Waals surface area (Å²) < 4.78 is 0. The number of nitrogens with one attached hydrogen (secondary N) is 2. The van der Waals surface area contributed by atoms with Crippen molar-refractivity contribution < 1.29 is 4.79 Å². The molecule has 0 aromatic carbocycles. The zero-order valence-corrected chi connectivity index (χ0v) is 12.2. The number of amides is 2. The minimum absolute atomic E-state index is 0.0344. The second-order valence-electron chi connectivity index (χ2n) is 5.38. The molecule has 0 aliphatic carbocycles. The van der Waals surface area contributed by atoms with E-state index in [4.69, 9.17) is 5.73 Å². The molecule has 2 saturated heterocycles. The standard InChI is InChI=1S/C13H21N7O/c1-2-3-15-10-6-11(18-12(14)17-10)19-4-5-20-9(8-19)7-16-13(20)21/h6,9H,2-5,7-8H2,1H3,(H,16,21)(H3,14,15,17,18). The summed E-state index contributed by atoms with van der Waals surface area (Å²) in [6, 6.07) is 2.16. The molecule has 0 spiro atoms. The molecule has 1 atom stereocenters. The molecule has 1 aromatic heterocycles. The summed E-state index contributed by atoms with van der Waals surface area (Å²) >= 11 is 0. The van der Waals surface area contributed by atoms with Crippen molar-refractivity contribution in [3.8, 4) is 0 Å². The molecule has 0 bridgehead atoms. The zero-order valence-electron chi connectivity index (χ0n) is 12.2. The Morgan fingerprint density at radius 3 is 3.14 bits per heavy atom. The van der Waals surface area contributed by atoms with E-state index < -0.39 is 0 Å². The first-order valence-corrected chi connectivity index (χ1v) is 7.35. The molecule has 1 unspecified atom stereocenters. The molecule has 0 radical (unpaired) electrons. The number of nitrogens with two attached hydrogens (primary N) is 1. The molecule has 0 saturated carbocycles. The molecular formula is C13H21N7O. The predicted molar refractivity (Wildman–Crippen MR) is 81.3 cm³/mol. The van der Waals surface area contributed by atoms with Crippen molar-refractivity contribution in [1.29, 1.82) is 0 Å². The van der Waals surface area contributed by atoms with Gasteiger partial charge >= 0.3 is 6.03 Å². The van der Waals surface area contributed by atoms with Crippen molar-refractivity contribution in [2.75, 3.05) is 48.7 Å². The van der Waals surface area contributed by atoms with Crippen LogP contribution in [0, 0.1) is 0 Å². The Morgan fingerprint density at radius 2 is 2.33 bits per heavy atom. The monoisotopic (exact) mass is 291 g/mol. The van der Waals surface area contributed by atoms with Crippen LogP contribution in [-0.2, 0) is 0 Å². The fourth-order valence-electron chi connectivity index (χ4n) is 2.77. The first kappa shape index (κ1) is 13.7. The van der Waals surface area contributed by atoms with Gasteiger partial charge in [-0.3, -0.25) is 0 Å². The lowest BCUT2D eigenvalue weighted by Gasteiger charge is -2.37. The highest BCUT2D eigenvalue weighted by Crippen LogP contribution is 2.22. The molecule has 21 heavy (non-hydrogen) atoms. The minimum Gasteiger partial charge on any atom is -0.370 e. The van der Waals surface area contributed by atoms with Gasteiger partial charge in [0.25, 0.3) is 0 Å². The van der Waals surface area contributed by atoms with Gasteiger partial charge in [0, 0.05) is 38.8 Å². The van der Waals surface area contributed by atoms with Crippen LogP contribution in [0.5, 0.6) is 0 Å². The number of urea groups is 1. The molecule has 1 aromatic rings. The van der Waals surface area contributed by atoms with Gasteiger partial charge in [0.05, 0.1) is 6.04 Å². The molecule has 4 N–H and O–H groups in total. The normalized spacial score (nSPS) is 21.2. The second-order valence-corrected chi connectivity index (χ2v) is 5.38. The Bertz CT molecular complexity index is 535. The molecule has 114 valence electrons. The maximum absolute atomic E-state index is 11.6. The van der Waals surface area contributed by atoms with Crippen molar-refractivity contribution in [2.45, 2.75) is 19.4 Å². The third kappa shape index (κ3) is 2.79. The molecule has 8 nitrogen and oxygen atoms in total. The quantitative estimate of drug-likeness (QED) is 0.727. The van der Waals surface area contributed by atoms with E-state index in [-0.39, 0.29) is 18.0 Å². The first-order chi connectivity index (χ1) is 10.2. The van der Waals surface area contributed by atoms with Gasteiger partial charge in [-0.05, 0) is 6.42 Å². The minimum atomic E-state index is 0.0344. The van der Waals surface area contributed by atoms with E-state index in [9.17, 15) is 4.79 Å². The van der Waals surface area contributed by atoms with Gasteiger partial charge in [-0.15, -0.1) is 0 Å². The van der Waals surface area contributed by atoms with Crippen molar-refractivity contribution in [1.82, 2.24) is 20.2 Å². The van der Waals surface area contributed by atoms with Gasteiger partial charge in [-0.1, -0.05) is 6.92 Å². The third-order valence-corrected chi connectivity index (χ3v) is 3.84. The van der Waals surface area contributed by atoms with Crippen molar-refractivity contribution in [3.63, 3.8) is 0 Å². The first-order valence-electron chi connectivity index (χ1n) is 7.35. The van der Waals surface area contributed by atoms with Crippen molar-refractivity contribution in [3.05, 3.63) is 6.07 Å². The van der Waals surface area contributed by atoms with Crippen LogP contribution in [0.25, 0.3) is 0 Å². The highest BCUT2D eigenvalue weighted by Gasteiger charge is 2.35. The van der Waals surface area contributed by atoms with Crippen LogP contribution in [-0.4, -0.2) is 59.7 Å². The molecule has 8 heteroatoms. The van der Waals surface area contributed by atoms with E-state index in [0.29, 0.717) is 13.1 Å². The highest BCUT2D eigenvalue weighted by atomic mass is 16.2. The predicted octanol–water partition coefficient (Wildman–Crippen LogP) is 0.0945. The number of fused-ring (bicyclic) bond motifs is 1. The van der Waals surface area contributed by atoms with Crippen LogP contribution >= 0.6 is 0 Å². The molecule has 2 fully saturated rings. The van der Waals surface area contributed by atoms with E-state index >= 15 is 0 Å². The number of rotatable bonds is 4. The fourth-order valence-corrected chi connectivity index (χ4v) is 2.77. The van der Waals surface area contributed by atoms with E-state index in [2.05, 4.69) is 32.4 Å². The van der Waals surface area contributed by atoms with E-state index in [1.807, 2.05) is 11.0 Å². The highest BCUT2D eigenvalue weighted by molar-refractivity contribution is 5.77. The maximum atomic E-state index is 11.6. The van der Waals surface area contributed by atoms with Gasteiger partial charge < -0.3 is 26.2 Å². The summed E-state index contributed by atoms with van der Waals surface area (Å²) in [5, 5.41) is 6.11. The number of nitrogen functional groups attached to an aromatic ring is 1. The molecule has 2 aliphatic rings. The second kappa shape index (κ2) is 5.63. The van der Waals surface area contributed by atoms with Gasteiger partial charge in [-0.2, -0.15) is 9.97 Å². The Morgan fingerprint density at radius 1 is 1.48 bits per heavy atom. The summed E-state index contributed by atoms with van der Waals surface area (Å²) in [5.41, 5.74) is 5.80. The van der Waals surface area contributed by atoms with Gasteiger partial charge in [0.15, 0.2) is 0 Å². The number of carbonyl (C=O) groups is 1. The third-order valence-electron chi connectivity index (χ3n) is 3.84. The lowest BCUT2D eigenvalue weighted by atomic mass is 10.2. The number of hydrogen-bond acceptors (Lipinski definition) is 6. The summed E-state index contributed by atoms with van der Waals surface area (Å²) in [4.78, 5) is 24.2. The Hall–Kier alpha value is -2.25. The smallest absolute Gasteiger partial charge is 0.317 e. The Kier molecular flexibility index (Phi) is 3.68. The van der Waals surface area contributed by atoms with Gasteiger partial charge in [0.1, 0.15) is 11.6 Å². The van der Waals surface area contributed by atoms with Crippen LogP contribution in [0.2, 0.25) is 0 Å². The SMILES string of the molecule is CCCNc1cc(N2CCN3C(=O)NCC3C2)nc(N)n1. The number of carbonyl (C=O) groups excluding carboxylic acids is 1. The fraction of sp³-hybridized carbons (Fsp3) is 0.615. The molecule has 3 rings (SSSR count). The van der Waals surface area contributed by atoms with Gasteiger partial charge in [0.2, 0.25) is 5.95 Å². The van der Waals surface area contributed by atoms with Gasteiger partial charge in [-0.25, -0.2) is 4.79 Å². The van der Waals surface area contributed by atoms with E-state index in [1.54, 1.807) is 0 Å².